The molecule has 0 saturated carbocycles. The summed E-state index contributed by atoms with van der Waals surface area (Å²) in [5.41, 5.74) is 4.85. The third-order valence-electron chi connectivity index (χ3n) is 4.93. The van der Waals surface area contributed by atoms with Crippen molar-refractivity contribution in [1.29, 1.82) is 0 Å². The second kappa shape index (κ2) is 5.52. The Morgan fingerprint density at radius 1 is 1.04 bits per heavy atom. The number of rotatable bonds is 2. The predicted molar refractivity (Wildman–Crippen MR) is 104 cm³/mol. The smallest absolute Gasteiger partial charge is 0.262 e. The molecule has 3 aromatic heterocycles. The second-order valence-corrected chi connectivity index (χ2v) is 6.35. The van der Waals surface area contributed by atoms with Crippen LogP contribution < -0.4 is 5.56 Å². The van der Waals surface area contributed by atoms with Crippen molar-refractivity contribution >= 4 is 32.7 Å². The number of aryl methyl sites for hydroxylation is 1. The zero-order valence-electron chi connectivity index (χ0n) is 14.2. The maximum absolute atomic E-state index is 12.8. The highest BCUT2D eigenvalue weighted by Gasteiger charge is 2.12. The number of aromatic nitrogens is 4. The van der Waals surface area contributed by atoms with Crippen LogP contribution in [-0.2, 0) is 6.54 Å². The third kappa shape index (κ3) is 2.07. The van der Waals surface area contributed by atoms with Crippen molar-refractivity contribution in [2.45, 2.75) is 13.5 Å². The Balaban J connectivity index is 1.81. The fourth-order valence-electron chi connectivity index (χ4n) is 3.62. The van der Waals surface area contributed by atoms with E-state index in [1.807, 2.05) is 19.1 Å². The van der Waals surface area contributed by atoms with Gasteiger partial charge in [0.05, 0.1) is 28.1 Å². The summed E-state index contributed by atoms with van der Waals surface area (Å²) in [4.78, 5) is 17.1. The number of benzene rings is 2. The van der Waals surface area contributed by atoms with Crippen LogP contribution in [0, 0.1) is 0 Å². The normalized spacial score (nSPS) is 11.6. The van der Waals surface area contributed by atoms with E-state index >= 15 is 0 Å². The summed E-state index contributed by atoms with van der Waals surface area (Å²) < 4.78 is 1.80. The van der Waals surface area contributed by atoms with E-state index in [0.717, 1.165) is 38.4 Å². The molecule has 0 amide bonds. The van der Waals surface area contributed by atoms with Crippen molar-refractivity contribution in [2.24, 2.45) is 0 Å². The largest absolute Gasteiger partial charge is 0.308 e. The zero-order chi connectivity index (χ0) is 17.7. The number of nitrogens with zero attached hydrogens (tertiary/aromatic N) is 3. The lowest BCUT2D eigenvalue weighted by molar-refractivity contribution is 0.767. The van der Waals surface area contributed by atoms with Crippen molar-refractivity contribution in [3.63, 3.8) is 0 Å². The van der Waals surface area contributed by atoms with E-state index in [2.05, 4.69) is 51.6 Å². The molecule has 5 rings (SSSR count). The Kier molecular flexibility index (Phi) is 3.15. The fourth-order valence-corrected chi connectivity index (χ4v) is 3.62. The Morgan fingerprint density at radius 2 is 1.88 bits per heavy atom. The van der Waals surface area contributed by atoms with Crippen molar-refractivity contribution < 1.29 is 0 Å². The van der Waals surface area contributed by atoms with Gasteiger partial charge in [0.1, 0.15) is 0 Å². The molecule has 0 bridgehead atoms. The highest BCUT2D eigenvalue weighted by Crippen LogP contribution is 2.29. The summed E-state index contributed by atoms with van der Waals surface area (Å²) in [6, 6.07) is 16.5. The van der Waals surface area contributed by atoms with E-state index in [4.69, 9.17) is 0 Å². The van der Waals surface area contributed by atoms with Crippen LogP contribution in [0.1, 0.15) is 6.92 Å². The number of aromatic amines is 1. The first-order valence-electron chi connectivity index (χ1n) is 8.61. The second-order valence-electron chi connectivity index (χ2n) is 6.35. The number of H-pyrrole nitrogens is 1. The minimum atomic E-state index is -0.0105. The Hall–Kier alpha value is -3.47. The van der Waals surface area contributed by atoms with E-state index in [1.165, 1.54) is 0 Å². The van der Waals surface area contributed by atoms with Gasteiger partial charge in [-0.1, -0.05) is 24.3 Å². The molecular weight excluding hydrogens is 324 g/mol. The minimum absolute atomic E-state index is 0.0105. The predicted octanol–water partition coefficient (Wildman–Crippen LogP) is 4.11. The summed E-state index contributed by atoms with van der Waals surface area (Å²) in [7, 11) is 0. The standard InChI is InChI=1S/C21H16N4O/c1-2-25-19-11-14(13-6-8-18-15(10-13)4-3-9-22-18)5-7-16(19)20-17(21(25)26)12-23-24-20/h3-12H,2H2,1H3,(H,23,24). The maximum atomic E-state index is 12.8. The molecule has 1 N–H and O–H groups in total. The fraction of sp³-hybridized carbons (Fsp3) is 0.0952. The molecule has 0 fully saturated rings. The molecule has 2 aromatic carbocycles. The van der Waals surface area contributed by atoms with E-state index in [0.29, 0.717) is 11.9 Å². The van der Waals surface area contributed by atoms with E-state index in [1.54, 1.807) is 17.0 Å². The average Bonchev–Trinajstić information content (AvgIpc) is 3.18. The van der Waals surface area contributed by atoms with Gasteiger partial charge in [-0.2, -0.15) is 5.10 Å². The van der Waals surface area contributed by atoms with Crippen molar-refractivity contribution in [2.75, 3.05) is 0 Å². The van der Waals surface area contributed by atoms with Gasteiger partial charge >= 0.3 is 0 Å². The van der Waals surface area contributed by atoms with Crippen LogP contribution in [-0.4, -0.2) is 19.7 Å². The van der Waals surface area contributed by atoms with Gasteiger partial charge in [-0.05, 0) is 42.3 Å². The number of nitrogens with one attached hydrogen (secondary N) is 1. The molecule has 0 spiro atoms. The van der Waals surface area contributed by atoms with Gasteiger partial charge in [-0.15, -0.1) is 0 Å². The summed E-state index contributed by atoms with van der Waals surface area (Å²) in [5.74, 6) is 0. The quantitative estimate of drug-likeness (QED) is 0.526. The lowest BCUT2D eigenvalue weighted by Crippen LogP contribution is -2.19. The molecule has 0 saturated heterocycles. The molecule has 0 aliphatic heterocycles. The van der Waals surface area contributed by atoms with Gasteiger partial charge in [0.25, 0.3) is 5.56 Å². The summed E-state index contributed by atoms with van der Waals surface area (Å²) in [6.45, 7) is 2.60. The number of hydrogen-bond acceptors (Lipinski definition) is 3. The number of hydrogen-bond donors (Lipinski definition) is 1. The monoisotopic (exact) mass is 340 g/mol. The molecule has 126 valence electrons. The highest BCUT2D eigenvalue weighted by molar-refractivity contribution is 6.04. The van der Waals surface area contributed by atoms with Gasteiger partial charge in [-0.25, -0.2) is 0 Å². The lowest BCUT2D eigenvalue weighted by atomic mass is 10.0. The molecular formula is C21H16N4O. The van der Waals surface area contributed by atoms with Crippen LogP contribution in [0.4, 0.5) is 0 Å². The van der Waals surface area contributed by atoms with Gasteiger partial charge in [0.2, 0.25) is 0 Å². The van der Waals surface area contributed by atoms with Gasteiger partial charge in [0, 0.05) is 23.5 Å². The lowest BCUT2D eigenvalue weighted by Gasteiger charge is -2.11. The molecule has 5 aromatic rings. The molecule has 0 aliphatic rings. The maximum Gasteiger partial charge on any atom is 0.262 e. The number of fused-ring (bicyclic) bond motifs is 4. The number of pyridine rings is 2. The zero-order valence-corrected chi connectivity index (χ0v) is 14.2. The topological polar surface area (TPSA) is 63.6 Å². The molecule has 0 unspecified atom stereocenters. The minimum Gasteiger partial charge on any atom is -0.308 e. The van der Waals surface area contributed by atoms with Crippen LogP contribution in [0.3, 0.4) is 0 Å². The van der Waals surface area contributed by atoms with Crippen molar-refractivity contribution in [3.8, 4) is 11.1 Å². The summed E-state index contributed by atoms with van der Waals surface area (Å²) >= 11 is 0. The Morgan fingerprint density at radius 3 is 2.77 bits per heavy atom. The van der Waals surface area contributed by atoms with Crippen LogP contribution in [0.2, 0.25) is 0 Å². The van der Waals surface area contributed by atoms with Crippen LogP contribution in [0.15, 0.2) is 65.7 Å². The average molecular weight is 340 g/mol. The molecule has 5 nitrogen and oxygen atoms in total. The highest BCUT2D eigenvalue weighted by atomic mass is 16.1. The molecule has 0 atom stereocenters. The van der Waals surface area contributed by atoms with Crippen LogP contribution in [0.25, 0.3) is 43.8 Å². The first-order chi connectivity index (χ1) is 12.8. The van der Waals surface area contributed by atoms with Crippen molar-refractivity contribution in [1.82, 2.24) is 19.7 Å². The third-order valence-corrected chi connectivity index (χ3v) is 4.93. The Labute approximate surface area is 148 Å². The van der Waals surface area contributed by atoms with Crippen LogP contribution >= 0.6 is 0 Å². The van der Waals surface area contributed by atoms with Gasteiger partial charge in [-0.3, -0.25) is 14.9 Å². The summed E-state index contributed by atoms with van der Waals surface area (Å²) in [5, 5.41) is 9.76. The van der Waals surface area contributed by atoms with Crippen LogP contribution in [0.5, 0.6) is 0 Å². The Bertz CT molecular complexity index is 1350. The van der Waals surface area contributed by atoms with E-state index in [-0.39, 0.29) is 5.56 Å². The molecule has 3 heterocycles. The van der Waals surface area contributed by atoms with E-state index < -0.39 is 0 Å². The van der Waals surface area contributed by atoms with Gasteiger partial charge < -0.3 is 4.57 Å². The first kappa shape index (κ1) is 14.8. The molecule has 5 heteroatoms. The molecule has 0 radical (unpaired) electrons. The first-order valence-corrected chi connectivity index (χ1v) is 8.61. The van der Waals surface area contributed by atoms with Gasteiger partial charge in [0.15, 0.2) is 0 Å². The SMILES string of the molecule is CCn1c(=O)c2cn[nH]c2c2ccc(-c3ccc4ncccc4c3)cc21. The molecule has 26 heavy (non-hydrogen) atoms. The van der Waals surface area contributed by atoms with Crippen molar-refractivity contribution in [3.05, 3.63) is 71.3 Å². The summed E-state index contributed by atoms with van der Waals surface area (Å²) in [6.07, 6.45) is 3.40. The van der Waals surface area contributed by atoms with E-state index in [9.17, 15) is 4.79 Å². The molecule has 0 aliphatic carbocycles.